The molecule has 15 heavy (non-hydrogen) atoms. The highest BCUT2D eigenvalue weighted by atomic mass is 15.0. The van der Waals surface area contributed by atoms with Crippen molar-refractivity contribution in [3.63, 3.8) is 0 Å². The van der Waals surface area contributed by atoms with Crippen molar-refractivity contribution in [2.75, 3.05) is 0 Å². The Morgan fingerprint density at radius 1 is 1.07 bits per heavy atom. The third-order valence-electron chi connectivity index (χ3n) is 2.93. The number of hydrogen-bond acceptors (Lipinski definition) is 0. The van der Waals surface area contributed by atoms with Gasteiger partial charge < -0.3 is 4.57 Å². The van der Waals surface area contributed by atoms with E-state index in [4.69, 9.17) is 0 Å². The summed E-state index contributed by atoms with van der Waals surface area (Å²) in [4.78, 5) is 0. The summed E-state index contributed by atoms with van der Waals surface area (Å²) in [5.74, 6) is 0. The molecule has 0 aliphatic carbocycles. The van der Waals surface area contributed by atoms with Gasteiger partial charge in [0.1, 0.15) is 0 Å². The second kappa shape index (κ2) is 3.13. The summed E-state index contributed by atoms with van der Waals surface area (Å²) in [6.45, 7) is 3.18. The molecule has 0 unspecified atom stereocenters. The van der Waals surface area contributed by atoms with Crippen LogP contribution in [0.1, 0.15) is 6.92 Å². The maximum absolute atomic E-state index is 3.15. The summed E-state index contributed by atoms with van der Waals surface area (Å²) < 4.78 is 2.33. The molecule has 2 aromatic carbocycles. The van der Waals surface area contributed by atoms with E-state index in [1.165, 1.54) is 21.8 Å². The summed E-state index contributed by atoms with van der Waals surface area (Å²) in [5, 5.41) is 2.66. The number of benzene rings is 2. The number of nitrogens with zero attached hydrogens (tertiary/aromatic N) is 1. The lowest BCUT2D eigenvalue weighted by Crippen LogP contribution is -1.92. The first-order chi connectivity index (χ1) is 7.42. The van der Waals surface area contributed by atoms with E-state index >= 15 is 0 Å². The maximum Gasteiger partial charge on any atom is 0.0497 e. The Bertz CT molecular complexity index is 566. The average molecular weight is 194 g/mol. The van der Waals surface area contributed by atoms with E-state index in [0.717, 1.165) is 6.54 Å². The van der Waals surface area contributed by atoms with Crippen molar-refractivity contribution in [1.82, 2.24) is 4.57 Å². The Kier molecular flexibility index (Phi) is 1.78. The zero-order valence-electron chi connectivity index (χ0n) is 8.70. The number of fused-ring (bicyclic) bond motifs is 3. The lowest BCUT2D eigenvalue weighted by atomic mass is 10.2. The van der Waals surface area contributed by atoms with Gasteiger partial charge in [-0.2, -0.15) is 0 Å². The summed E-state index contributed by atoms with van der Waals surface area (Å²) in [6.07, 6.45) is 0. The van der Waals surface area contributed by atoms with E-state index in [1.54, 1.807) is 0 Å². The van der Waals surface area contributed by atoms with E-state index in [1.807, 2.05) is 6.07 Å². The topological polar surface area (TPSA) is 4.93 Å². The van der Waals surface area contributed by atoms with Crippen LogP contribution in [-0.4, -0.2) is 4.57 Å². The van der Waals surface area contributed by atoms with Crippen molar-refractivity contribution < 1.29 is 0 Å². The van der Waals surface area contributed by atoms with Gasteiger partial charge in [-0.25, -0.2) is 0 Å². The highest BCUT2D eigenvalue weighted by molar-refractivity contribution is 6.07. The van der Waals surface area contributed by atoms with Gasteiger partial charge in [-0.15, -0.1) is 0 Å². The van der Waals surface area contributed by atoms with Crippen molar-refractivity contribution in [2.24, 2.45) is 0 Å². The van der Waals surface area contributed by atoms with Crippen molar-refractivity contribution in [3.05, 3.63) is 48.5 Å². The van der Waals surface area contributed by atoms with E-state index < -0.39 is 0 Å². The first-order valence-corrected chi connectivity index (χ1v) is 5.29. The fraction of sp³-hybridized carbons (Fsp3) is 0.143. The molecule has 1 nitrogen and oxygen atoms in total. The maximum atomic E-state index is 3.15. The van der Waals surface area contributed by atoms with Gasteiger partial charge in [0.15, 0.2) is 0 Å². The van der Waals surface area contributed by atoms with Crippen LogP contribution in [0.2, 0.25) is 0 Å². The van der Waals surface area contributed by atoms with Gasteiger partial charge in [-0.3, -0.25) is 0 Å². The van der Waals surface area contributed by atoms with Crippen LogP contribution in [0.3, 0.4) is 0 Å². The normalized spacial score (nSPS) is 11.3. The molecule has 3 aromatic rings. The molecule has 0 saturated heterocycles. The minimum atomic E-state index is 1.00. The monoisotopic (exact) mass is 194 g/mol. The van der Waals surface area contributed by atoms with Gasteiger partial charge in [-0.1, -0.05) is 30.3 Å². The Labute approximate surface area is 88.9 Å². The van der Waals surface area contributed by atoms with Crippen LogP contribution >= 0.6 is 0 Å². The molecule has 73 valence electrons. The van der Waals surface area contributed by atoms with Crippen molar-refractivity contribution in [2.45, 2.75) is 13.5 Å². The minimum Gasteiger partial charge on any atom is -0.341 e. The number of aryl methyl sites for hydroxylation is 1. The third kappa shape index (κ3) is 1.09. The highest BCUT2D eigenvalue weighted by Crippen LogP contribution is 2.28. The first kappa shape index (κ1) is 8.54. The first-order valence-electron chi connectivity index (χ1n) is 5.29. The summed E-state index contributed by atoms with van der Waals surface area (Å²) in [5.41, 5.74) is 2.59. The molecule has 1 radical (unpaired) electrons. The van der Waals surface area contributed by atoms with Gasteiger partial charge in [-0.05, 0) is 25.1 Å². The Morgan fingerprint density at radius 2 is 1.87 bits per heavy atom. The van der Waals surface area contributed by atoms with E-state index in [-0.39, 0.29) is 0 Å². The molecule has 0 bridgehead atoms. The number of aromatic nitrogens is 1. The van der Waals surface area contributed by atoms with Gasteiger partial charge in [0, 0.05) is 28.4 Å². The van der Waals surface area contributed by atoms with E-state index in [9.17, 15) is 0 Å². The molecule has 0 saturated carbocycles. The number of para-hydroxylation sites is 1. The van der Waals surface area contributed by atoms with Crippen molar-refractivity contribution in [1.29, 1.82) is 0 Å². The van der Waals surface area contributed by atoms with Gasteiger partial charge >= 0.3 is 0 Å². The largest absolute Gasteiger partial charge is 0.341 e. The summed E-state index contributed by atoms with van der Waals surface area (Å²) in [7, 11) is 0. The molecule has 0 spiro atoms. The minimum absolute atomic E-state index is 1.00. The Balaban J connectivity index is 2.62. The molecule has 0 atom stereocenters. The predicted molar refractivity (Wildman–Crippen MR) is 64.0 cm³/mol. The van der Waals surface area contributed by atoms with Crippen LogP contribution in [-0.2, 0) is 6.54 Å². The molecular formula is C14H12N. The molecule has 0 fully saturated rings. The molecule has 3 rings (SSSR count). The van der Waals surface area contributed by atoms with Gasteiger partial charge in [0.2, 0.25) is 0 Å². The standard InChI is InChI=1S/C14H12N/c1-2-15-13-9-5-3-7-11(13)12-8-4-6-10-14(12)15/h3-5,7-10H,2H2,1H3. The smallest absolute Gasteiger partial charge is 0.0497 e. The van der Waals surface area contributed by atoms with Crippen molar-refractivity contribution in [3.8, 4) is 0 Å². The zero-order valence-corrected chi connectivity index (χ0v) is 8.70. The number of hydrogen-bond donors (Lipinski definition) is 0. The fourth-order valence-electron chi connectivity index (χ4n) is 2.28. The van der Waals surface area contributed by atoms with Crippen molar-refractivity contribution >= 4 is 21.8 Å². The zero-order chi connectivity index (χ0) is 10.3. The van der Waals surface area contributed by atoms with E-state index in [0.29, 0.717) is 0 Å². The molecule has 0 amide bonds. The molecule has 0 N–H and O–H groups in total. The Hall–Kier alpha value is -1.76. The van der Waals surface area contributed by atoms with Gasteiger partial charge in [0.05, 0.1) is 0 Å². The van der Waals surface area contributed by atoms with Crippen LogP contribution < -0.4 is 0 Å². The lowest BCUT2D eigenvalue weighted by molar-refractivity contribution is 0.827. The second-order valence-corrected chi connectivity index (χ2v) is 3.70. The lowest BCUT2D eigenvalue weighted by Gasteiger charge is -2.01. The van der Waals surface area contributed by atoms with Crippen LogP contribution in [0.15, 0.2) is 42.5 Å². The van der Waals surface area contributed by atoms with Crippen LogP contribution in [0.4, 0.5) is 0 Å². The summed E-state index contributed by atoms with van der Waals surface area (Å²) >= 11 is 0. The van der Waals surface area contributed by atoms with Crippen LogP contribution in [0.5, 0.6) is 0 Å². The Morgan fingerprint density at radius 3 is 2.73 bits per heavy atom. The predicted octanol–water partition coefficient (Wildman–Crippen LogP) is 3.61. The molecular weight excluding hydrogens is 182 g/mol. The fourth-order valence-corrected chi connectivity index (χ4v) is 2.28. The molecule has 1 heteroatoms. The molecule has 0 aliphatic rings. The third-order valence-corrected chi connectivity index (χ3v) is 2.93. The van der Waals surface area contributed by atoms with Gasteiger partial charge in [0.25, 0.3) is 0 Å². The quantitative estimate of drug-likeness (QED) is 0.557. The summed E-state index contributed by atoms with van der Waals surface area (Å²) in [6, 6.07) is 17.9. The molecule has 1 aromatic heterocycles. The SMILES string of the molecule is CCn1c2c[c]ccc2c2ccccc21. The molecule has 1 heterocycles. The van der Waals surface area contributed by atoms with Crippen LogP contribution in [0.25, 0.3) is 21.8 Å². The van der Waals surface area contributed by atoms with E-state index in [2.05, 4.69) is 54.0 Å². The molecule has 0 aliphatic heterocycles. The second-order valence-electron chi connectivity index (χ2n) is 3.70. The van der Waals surface area contributed by atoms with Crippen LogP contribution in [0, 0.1) is 6.07 Å². The number of rotatable bonds is 1. The highest BCUT2D eigenvalue weighted by Gasteiger charge is 2.06. The average Bonchev–Trinajstić information content (AvgIpc) is 2.63.